The fourth-order valence-corrected chi connectivity index (χ4v) is 2.57. The molecule has 2 heterocycles. The minimum absolute atomic E-state index is 0.135. The van der Waals surface area contributed by atoms with Crippen molar-refractivity contribution in [2.24, 2.45) is 0 Å². The second-order valence-electron chi connectivity index (χ2n) is 4.48. The number of rotatable bonds is 2. The number of benzene rings is 1. The Kier molecular flexibility index (Phi) is 2.71. The van der Waals surface area contributed by atoms with E-state index in [9.17, 15) is 4.79 Å². The molecule has 1 amide bonds. The summed E-state index contributed by atoms with van der Waals surface area (Å²) in [4.78, 5) is 19.6. The van der Waals surface area contributed by atoms with E-state index in [-0.39, 0.29) is 5.91 Å². The van der Waals surface area contributed by atoms with Crippen LogP contribution in [0.2, 0.25) is 0 Å². The van der Waals surface area contributed by atoms with E-state index in [1.165, 1.54) is 0 Å². The van der Waals surface area contributed by atoms with E-state index in [2.05, 4.69) is 21.4 Å². The third-order valence-electron chi connectivity index (χ3n) is 3.44. The Labute approximate surface area is 110 Å². The lowest BCUT2D eigenvalue weighted by Crippen LogP contribution is -2.21. The van der Waals surface area contributed by atoms with E-state index in [4.69, 9.17) is 0 Å². The van der Waals surface area contributed by atoms with Crippen LogP contribution in [0.4, 0.5) is 0 Å². The number of carbonyl (C=O) groups excluding carboxylic acids is 1. The van der Waals surface area contributed by atoms with Gasteiger partial charge in [-0.15, -0.1) is 0 Å². The summed E-state index contributed by atoms with van der Waals surface area (Å²) in [7, 11) is 1.63. The highest BCUT2D eigenvalue weighted by molar-refractivity contribution is 6.11. The van der Waals surface area contributed by atoms with Gasteiger partial charge in [-0.1, -0.05) is 25.1 Å². The minimum atomic E-state index is -0.135. The van der Waals surface area contributed by atoms with Crippen LogP contribution in [-0.4, -0.2) is 22.9 Å². The van der Waals surface area contributed by atoms with Crippen molar-refractivity contribution < 1.29 is 4.79 Å². The Morgan fingerprint density at radius 2 is 2.11 bits per heavy atom. The van der Waals surface area contributed by atoms with Crippen LogP contribution in [-0.2, 0) is 6.42 Å². The summed E-state index contributed by atoms with van der Waals surface area (Å²) in [6, 6.07) is 8.11. The summed E-state index contributed by atoms with van der Waals surface area (Å²) in [5, 5.41) is 4.89. The van der Waals surface area contributed by atoms with E-state index in [1.807, 2.05) is 25.1 Å². The number of fused-ring (bicyclic) bond motifs is 3. The van der Waals surface area contributed by atoms with Crippen molar-refractivity contribution in [2.45, 2.75) is 13.3 Å². The highest BCUT2D eigenvalue weighted by atomic mass is 16.1. The number of nitrogens with one attached hydrogen (secondary N) is 2. The molecule has 0 unspecified atom stereocenters. The van der Waals surface area contributed by atoms with Gasteiger partial charge in [0.1, 0.15) is 5.69 Å². The van der Waals surface area contributed by atoms with E-state index < -0.39 is 0 Å². The molecule has 2 aromatic heterocycles. The SMILES string of the molecule is CCc1c(C(=O)NC)ncc2[nH]c3ccccc3c12. The molecule has 0 spiro atoms. The first-order chi connectivity index (χ1) is 9.26. The Hall–Kier alpha value is -2.36. The van der Waals surface area contributed by atoms with Gasteiger partial charge in [0.15, 0.2) is 0 Å². The zero-order valence-electron chi connectivity index (χ0n) is 10.9. The van der Waals surface area contributed by atoms with Gasteiger partial charge >= 0.3 is 0 Å². The molecule has 0 saturated heterocycles. The van der Waals surface area contributed by atoms with Crippen LogP contribution in [0.3, 0.4) is 0 Å². The third kappa shape index (κ3) is 1.68. The van der Waals surface area contributed by atoms with Crippen LogP contribution in [0.1, 0.15) is 23.0 Å². The summed E-state index contributed by atoms with van der Waals surface area (Å²) < 4.78 is 0. The van der Waals surface area contributed by atoms with Gasteiger partial charge in [-0.3, -0.25) is 4.79 Å². The molecule has 0 bridgehead atoms. The monoisotopic (exact) mass is 253 g/mol. The first-order valence-corrected chi connectivity index (χ1v) is 6.36. The van der Waals surface area contributed by atoms with Crippen molar-refractivity contribution in [1.29, 1.82) is 0 Å². The van der Waals surface area contributed by atoms with Crippen molar-refractivity contribution in [3.05, 3.63) is 41.7 Å². The standard InChI is InChI=1S/C15H15N3O/c1-3-9-13-10-6-4-5-7-11(10)18-12(13)8-17-14(9)15(19)16-2/h4-8,18H,3H2,1-2H3,(H,16,19). The maximum Gasteiger partial charge on any atom is 0.269 e. The Bertz CT molecular complexity index is 774. The van der Waals surface area contributed by atoms with E-state index in [0.29, 0.717) is 5.69 Å². The van der Waals surface area contributed by atoms with Gasteiger partial charge in [0.05, 0.1) is 11.7 Å². The van der Waals surface area contributed by atoms with Gasteiger partial charge in [-0.25, -0.2) is 4.98 Å². The predicted octanol–water partition coefficient (Wildman–Crippen LogP) is 2.64. The Balaban J connectivity index is 2.44. The summed E-state index contributed by atoms with van der Waals surface area (Å²) >= 11 is 0. The molecule has 1 aromatic carbocycles. The van der Waals surface area contributed by atoms with Crippen molar-refractivity contribution in [3.8, 4) is 0 Å². The number of amides is 1. The summed E-state index contributed by atoms with van der Waals surface area (Å²) in [5.74, 6) is -0.135. The number of H-pyrrole nitrogens is 1. The fraction of sp³-hybridized carbons (Fsp3) is 0.200. The first-order valence-electron chi connectivity index (χ1n) is 6.36. The number of hydrogen-bond donors (Lipinski definition) is 2. The molecular formula is C15H15N3O. The molecule has 19 heavy (non-hydrogen) atoms. The molecule has 0 atom stereocenters. The van der Waals surface area contributed by atoms with Crippen LogP contribution in [0.25, 0.3) is 21.8 Å². The molecular weight excluding hydrogens is 238 g/mol. The zero-order valence-corrected chi connectivity index (χ0v) is 10.9. The molecule has 0 saturated carbocycles. The summed E-state index contributed by atoms with van der Waals surface area (Å²) in [5.41, 5.74) is 3.56. The van der Waals surface area contributed by atoms with Gasteiger partial charge in [-0.05, 0) is 18.1 Å². The van der Waals surface area contributed by atoms with Gasteiger partial charge in [0.25, 0.3) is 5.91 Å². The molecule has 0 radical (unpaired) electrons. The molecule has 3 aromatic rings. The van der Waals surface area contributed by atoms with Crippen LogP contribution in [0.5, 0.6) is 0 Å². The smallest absolute Gasteiger partial charge is 0.269 e. The van der Waals surface area contributed by atoms with Crippen LogP contribution >= 0.6 is 0 Å². The second-order valence-corrected chi connectivity index (χ2v) is 4.48. The van der Waals surface area contributed by atoms with Crippen LogP contribution in [0.15, 0.2) is 30.5 Å². The summed E-state index contributed by atoms with van der Waals surface area (Å²) in [6.45, 7) is 2.05. The lowest BCUT2D eigenvalue weighted by molar-refractivity contribution is 0.0957. The quantitative estimate of drug-likeness (QED) is 0.737. The second kappa shape index (κ2) is 4.39. The molecule has 3 rings (SSSR count). The number of aromatic nitrogens is 2. The first kappa shape index (κ1) is 11.7. The molecule has 4 heteroatoms. The number of pyridine rings is 1. The Morgan fingerprint density at radius 3 is 2.84 bits per heavy atom. The molecule has 0 aliphatic carbocycles. The van der Waals surface area contributed by atoms with Crippen molar-refractivity contribution in [1.82, 2.24) is 15.3 Å². The lowest BCUT2D eigenvalue weighted by Gasteiger charge is -2.07. The molecule has 0 aliphatic heterocycles. The normalized spacial score (nSPS) is 11.1. The number of aryl methyl sites for hydroxylation is 1. The lowest BCUT2D eigenvalue weighted by atomic mass is 10.0. The van der Waals surface area contributed by atoms with E-state index >= 15 is 0 Å². The molecule has 0 fully saturated rings. The molecule has 0 aliphatic rings. The van der Waals surface area contributed by atoms with Crippen molar-refractivity contribution >= 4 is 27.7 Å². The highest BCUT2D eigenvalue weighted by Crippen LogP contribution is 2.29. The van der Waals surface area contributed by atoms with Gasteiger partial charge < -0.3 is 10.3 Å². The maximum absolute atomic E-state index is 11.9. The van der Waals surface area contributed by atoms with Gasteiger partial charge in [0.2, 0.25) is 0 Å². The number of aromatic amines is 1. The predicted molar refractivity (Wildman–Crippen MR) is 76.4 cm³/mol. The Morgan fingerprint density at radius 1 is 1.32 bits per heavy atom. The number of carbonyl (C=O) groups is 1. The number of nitrogens with zero attached hydrogens (tertiary/aromatic N) is 1. The van der Waals surface area contributed by atoms with Crippen molar-refractivity contribution in [3.63, 3.8) is 0 Å². The van der Waals surface area contributed by atoms with Gasteiger partial charge in [-0.2, -0.15) is 0 Å². The molecule has 4 nitrogen and oxygen atoms in total. The average molecular weight is 253 g/mol. The van der Waals surface area contributed by atoms with E-state index in [0.717, 1.165) is 33.8 Å². The minimum Gasteiger partial charge on any atom is -0.354 e. The number of hydrogen-bond acceptors (Lipinski definition) is 2. The molecule has 2 N–H and O–H groups in total. The van der Waals surface area contributed by atoms with Gasteiger partial charge in [0, 0.05) is 23.3 Å². The summed E-state index contributed by atoms with van der Waals surface area (Å²) in [6.07, 6.45) is 2.51. The maximum atomic E-state index is 11.9. The highest BCUT2D eigenvalue weighted by Gasteiger charge is 2.16. The zero-order chi connectivity index (χ0) is 13.4. The average Bonchev–Trinajstić information content (AvgIpc) is 2.84. The topological polar surface area (TPSA) is 57.8 Å². The van der Waals surface area contributed by atoms with E-state index in [1.54, 1.807) is 13.2 Å². The third-order valence-corrected chi connectivity index (χ3v) is 3.44. The van der Waals surface area contributed by atoms with Crippen LogP contribution in [0, 0.1) is 0 Å². The van der Waals surface area contributed by atoms with Crippen LogP contribution < -0.4 is 5.32 Å². The largest absolute Gasteiger partial charge is 0.354 e. The fourth-order valence-electron chi connectivity index (χ4n) is 2.57. The molecule has 96 valence electrons. The number of para-hydroxylation sites is 1. The van der Waals surface area contributed by atoms with Crippen molar-refractivity contribution in [2.75, 3.05) is 7.05 Å².